The Labute approximate surface area is 73.2 Å². The van der Waals surface area contributed by atoms with Crippen LogP contribution in [0.15, 0.2) is 10.2 Å². The van der Waals surface area contributed by atoms with Gasteiger partial charge in [0.2, 0.25) is 0 Å². The van der Waals surface area contributed by atoms with Crippen molar-refractivity contribution in [3.8, 4) is 0 Å². The molecule has 1 atom stereocenters. The van der Waals surface area contributed by atoms with Crippen molar-refractivity contribution in [3.05, 3.63) is 10.2 Å². The van der Waals surface area contributed by atoms with Crippen molar-refractivity contribution >= 4 is 28.7 Å². The van der Waals surface area contributed by atoms with Crippen molar-refractivity contribution in [2.24, 2.45) is 0 Å². The van der Waals surface area contributed by atoms with E-state index < -0.39 is 0 Å². The molecule has 1 unspecified atom stereocenters. The summed E-state index contributed by atoms with van der Waals surface area (Å²) in [5.74, 6) is 0. The Morgan fingerprint density at radius 1 is 2.00 bits per heavy atom. The third kappa shape index (κ3) is 1.42. The molecule has 4 heteroatoms. The van der Waals surface area contributed by atoms with Gasteiger partial charge in [-0.2, -0.15) is 0 Å². The predicted octanol–water partition coefficient (Wildman–Crippen LogP) is 1.39. The molecule has 1 heterocycles. The average molecular weight is 253 g/mol. The highest BCUT2D eigenvalue weighted by molar-refractivity contribution is 14.1. The standard InChI is InChI=1S/C6H8INO2/c1-4(7)5-3-8(2)6(9)10-5/h5H,1,3H2,2H3. The largest absolute Gasteiger partial charge is 0.439 e. The topological polar surface area (TPSA) is 29.5 Å². The lowest BCUT2D eigenvalue weighted by atomic mass is 10.3. The summed E-state index contributed by atoms with van der Waals surface area (Å²) in [6, 6.07) is 0. The van der Waals surface area contributed by atoms with Crippen LogP contribution in [0.25, 0.3) is 0 Å². The van der Waals surface area contributed by atoms with Crippen LogP contribution >= 0.6 is 22.6 Å². The average Bonchev–Trinajstić information content (AvgIpc) is 2.13. The summed E-state index contributed by atoms with van der Waals surface area (Å²) >= 11 is 2.07. The third-order valence-electron chi connectivity index (χ3n) is 1.34. The Kier molecular flexibility index (Phi) is 2.18. The zero-order valence-corrected chi connectivity index (χ0v) is 7.79. The van der Waals surface area contributed by atoms with Crippen molar-refractivity contribution in [1.29, 1.82) is 0 Å². The molecule has 0 radical (unpaired) electrons. The number of carbonyl (C=O) groups is 1. The number of carbonyl (C=O) groups excluding carboxylic acids is 1. The van der Waals surface area contributed by atoms with Crippen LogP contribution in [0.4, 0.5) is 4.79 Å². The minimum Gasteiger partial charge on any atom is -0.439 e. The molecule has 0 spiro atoms. The van der Waals surface area contributed by atoms with Crippen LogP contribution in [-0.4, -0.2) is 30.7 Å². The number of amides is 1. The number of hydrogen-bond acceptors (Lipinski definition) is 2. The smallest absolute Gasteiger partial charge is 0.410 e. The number of hydrogen-bond donors (Lipinski definition) is 0. The molecule has 1 rings (SSSR count). The molecule has 1 fully saturated rings. The molecule has 56 valence electrons. The van der Waals surface area contributed by atoms with Gasteiger partial charge < -0.3 is 9.64 Å². The Morgan fingerprint density at radius 3 is 2.80 bits per heavy atom. The normalized spacial score (nSPS) is 24.8. The fourth-order valence-corrected chi connectivity index (χ4v) is 1.06. The Balaban J connectivity index is 2.57. The molecular formula is C6H8INO2. The molecular weight excluding hydrogens is 245 g/mol. The first-order valence-corrected chi connectivity index (χ1v) is 3.95. The maximum Gasteiger partial charge on any atom is 0.410 e. The zero-order valence-electron chi connectivity index (χ0n) is 5.63. The second-order valence-electron chi connectivity index (χ2n) is 2.20. The second kappa shape index (κ2) is 2.77. The second-order valence-corrected chi connectivity index (χ2v) is 3.59. The van der Waals surface area contributed by atoms with Gasteiger partial charge >= 0.3 is 6.09 Å². The molecule has 1 amide bonds. The van der Waals surface area contributed by atoms with E-state index in [0.29, 0.717) is 6.54 Å². The summed E-state index contributed by atoms with van der Waals surface area (Å²) in [5.41, 5.74) is 0. The van der Waals surface area contributed by atoms with Crippen LogP contribution in [0.1, 0.15) is 0 Å². The van der Waals surface area contributed by atoms with Gasteiger partial charge in [-0.3, -0.25) is 0 Å². The highest BCUT2D eigenvalue weighted by Gasteiger charge is 2.28. The molecule has 0 bridgehead atoms. The first kappa shape index (κ1) is 7.84. The molecule has 10 heavy (non-hydrogen) atoms. The van der Waals surface area contributed by atoms with Crippen LogP contribution in [-0.2, 0) is 4.74 Å². The number of ether oxygens (including phenoxy) is 1. The fraction of sp³-hybridized carbons (Fsp3) is 0.500. The number of halogens is 1. The molecule has 3 nitrogen and oxygen atoms in total. The van der Waals surface area contributed by atoms with Gasteiger partial charge in [0.15, 0.2) is 6.10 Å². The summed E-state index contributed by atoms with van der Waals surface area (Å²) in [6.45, 7) is 4.31. The van der Waals surface area contributed by atoms with E-state index in [4.69, 9.17) is 4.74 Å². The van der Waals surface area contributed by atoms with Crippen LogP contribution in [0, 0.1) is 0 Å². The van der Waals surface area contributed by atoms with Gasteiger partial charge in [-0.1, -0.05) is 6.58 Å². The highest BCUT2D eigenvalue weighted by Crippen LogP contribution is 2.19. The van der Waals surface area contributed by atoms with Crippen molar-refractivity contribution in [2.45, 2.75) is 6.10 Å². The SMILES string of the molecule is C=C(I)C1CN(C)C(=O)O1. The van der Waals surface area contributed by atoms with Crippen molar-refractivity contribution in [2.75, 3.05) is 13.6 Å². The number of rotatable bonds is 1. The first-order chi connectivity index (χ1) is 4.61. The van der Waals surface area contributed by atoms with Crippen LogP contribution in [0.3, 0.4) is 0 Å². The lowest BCUT2D eigenvalue weighted by Crippen LogP contribution is -2.19. The predicted molar refractivity (Wildman–Crippen MR) is 46.1 cm³/mol. The van der Waals surface area contributed by atoms with Crippen LogP contribution in [0.2, 0.25) is 0 Å². The molecule has 1 aliphatic heterocycles. The van der Waals surface area contributed by atoms with Gasteiger partial charge in [-0.15, -0.1) is 0 Å². The maximum absolute atomic E-state index is 10.7. The van der Waals surface area contributed by atoms with Gasteiger partial charge in [-0.25, -0.2) is 4.79 Å². The lowest BCUT2D eigenvalue weighted by Gasteiger charge is -2.03. The van der Waals surface area contributed by atoms with Crippen molar-refractivity contribution < 1.29 is 9.53 Å². The molecule has 0 aromatic rings. The summed E-state index contributed by atoms with van der Waals surface area (Å²) < 4.78 is 5.79. The van der Waals surface area contributed by atoms with Crippen molar-refractivity contribution in [1.82, 2.24) is 4.90 Å². The van der Waals surface area contributed by atoms with Gasteiger partial charge in [0.25, 0.3) is 0 Å². The quantitative estimate of drug-likeness (QED) is 0.661. The molecule has 1 saturated heterocycles. The summed E-state index contributed by atoms with van der Waals surface area (Å²) in [6.07, 6.45) is -0.374. The van der Waals surface area contributed by atoms with E-state index in [1.54, 1.807) is 7.05 Å². The number of cyclic esters (lactones) is 1. The van der Waals surface area contributed by atoms with E-state index in [1.165, 1.54) is 4.90 Å². The van der Waals surface area contributed by atoms with E-state index in [-0.39, 0.29) is 12.2 Å². The van der Waals surface area contributed by atoms with Crippen LogP contribution < -0.4 is 0 Å². The zero-order chi connectivity index (χ0) is 7.72. The Morgan fingerprint density at radius 2 is 2.60 bits per heavy atom. The van der Waals surface area contributed by atoms with Gasteiger partial charge in [0.05, 0.1) is 6.54 Å². The third-order valence-corrected chi connectivity index (χ3v) is 2.04. The summed E-state index contributed by atoms with van der Waals surface area (Å²) in [4.78, 5) is 12.3. The summed E-state index contributed by atoms with van der Waals surface area (Å²) in [5, 5.41) is 0. The monoisotopic (exact) mass is 253 g/mol. The molecule has 1 aliphatic rings. The van der Waals surface area contributed by atoms with Gasteiger partial charge in [0, 0.05) is 10.6 Å². The van der Waals surface area contributed by atoms with Crippen molar-refractivity contribution in [3.63, 3.8) is 0 Å². The van der Waals surface area contributed by atoms with E-state index in [1.807, 2.05) is 0 Å². The molecule has 0 N–H and O–H groups in total. The van der Waals surface area contributed by atoms with E-state index >= 15 is 0 Å². The van der Waals surface area contributed by atoms with E-state index in [0.717, 1.165) is 3.58 Å². The minimum absolute atomic E-state index is 0.113. The molecule has 0 aromatic carbocycles. The van der Waals surface area contributed by atoms with Gasteiger partial charge in [0.1, 0.15) is 0 Å². The minimum atomic E-state index is -0.261. The Hall–Kier alpha value is -0.260. The van der Waals surface area contributed by atoms with E-state index in [2.05, 4.69) is 29.2 Å². The van der Waals surface area contributed by atoms with Gasteiger partial charge in [-0.05, 0) is 22.6 Å². The summed E-state index contributed by atoms with van der Waals surface area (Å²) in [7, 11) is 1.71. The molecule has 0 saturated carbocycles. The molecule has 0 aromatic heterocycles. The van der Waals surface area contributed by atoms with Crippen LogP contribution in [0.5, 0.6) is 0 Å². The Bertz CT molecular complexity index is 181. The maximum atomic E-state index is 10.7. The van der Waals surface area contributed by atoms with E-state index in [9.17, 15) is 4.79 Å². The number of nitrogens with zero attached hydrogens (tertiary/aromatic N) is 1. The highest BCUT2D eigenvalue weighted by atomic mass is 127. The lowest BCUT2D eigenvalue weighted by molar-refractivity contribution is 0.148. The fourth-order valence-electron chi connectivity index (χ4n) is 0.735. The first-order valence-electron chi connectivity index (χ1n) is 2.87. The number of likely N-dealkylation sites (N-methyl/N-ethyl adjacent to an activating group) is 1. The molecule has 0 aliphatic carbocycles.